The number of halogens is 2. The van der Waals surface area contributed by atoms with Gasteiger partial charge in [-0.05, 0) is 28.1 Å². The second kappa shape index (κ2) is 3.26. The van der Waals surface area contributed by atoms with Gasteiger partial charge in [0.25, 0.3) is 0 Å². The molecule has 0 saturated carbocycles. The molecule has 0 saturated heterocycles. The van der Waals surface area contributed by atoms with Crippen molar-refractivity contribution in [3.63, 3.8) is 0 Å². The number of hydrogen-bond donors (Lipinski definition) is 0. The summed E-state index contributed by atoms with van der Waals surface area (Å²) >= 11 is 9.08. The van der Waals surface area contributed by atoms with Crippen molar-refractivity contribution in [2.75, 3.05) is 11.5 Å². The molecule has 0 radical (unpaired) electrons. The zero-order chi connectivity index (χ0) is 7.56. The van der Waals surface area contributed by atoms with E-state index in [-0.39, 0.29) is 0 Å². The Balaban J connectivity index is 3.03. The molecule has 10 heavy (non-hydrogen) atoms. The first-order chi connectivity index (χ1) is 4.72. The van der Waals surface area contributed by atoms with Crippen LogP contribution in [0.5, 0.6) is 0 Å². The summed E-state index contributed by atoms with van der Waals surface area (Å²) in [6.07, 6.45) is 0. The van der Waals surface area contributed by atoms with Gasteiger partial charge < -0.3 is 0 Å². The highest BCUT2D eigenvalue weighted by Gasteiger charge is 1.99. The van der Waals surface area contributed by atoms with Crippen molar-refractivity contribution in [3.05, 3.63) is 28.7 Å². The minimum absolute atomic E-state index is 0.976. The average molecular weight is 220 g/mol. The summed E-state index contributed by atoms with van der Waals surface area (Å²) in [6, 6.07) is 7.79. The number of para-hydroxylation sites is 1. The monoisotopic (exact) mass is 219 g/mol. The molecule has 3 heteroatoms. The fourth-order valence-corrected chi connectivity index (χ4v) is 1.50. The average Bonchev–Trinajstić information content (AvgIpc) is 1.88. The Bertz CT molecular complexity index is 225. The van der Waals surface area contributed by atoms with Crippen LogP contribution in [-0.4, -0.2) is 7.05 Å². The number of rotatable bonds is 1. The van der Waals surface area contributed by atoms with Crippen LogP contribution < -0.4 is 4.42 Å². The maximum Gasteiger partial charge on any atom is 0.0661 e. The summed E-state index contributed by atoms with van der Waals surface area (Å²) in [6.45, 7) is 0. The highest BCUT2D eigenvalue weighted by atomic mass is 79.9. The van der Waals surface area contributed by atoms with Crippen LogP contribution >= 0.6 is 27.7 Å². The molecule has 0 spiro atoms. The van der Waals surface area contributed by atoms with E-state index < -0.39 is 0 Å². The molecule has 0 atom stereocenters. The lowest BCUT2D eigenvalue weighted by Crippen LogP contribution is -2.00. The van der Waals surface area contributed by atoms with E-state index >= 15 is 0 Å². The van der Waals surface area contributed by atoms with Crippen LogP contribution in [0.4, 0.5) is 5.69 Å². The predicted octanol–water partition coefficient (Wildman–Crippen LogP) is 3.04. The number of benzene rings is 1. The summed E-state index contributed by atoms with van der Waals surface area (Å²) < 4.78 is 2.55. The lowest BCUT2D eigenvalue weighted by molar-refractivity contribution is 1.33. The Hall–Kier alpha value is -0.210. The van der Waals surface area contributed by atoms with Crippen LogP contribution in [0.1, 0.15) is 0 Å². The first-order valence-electron chi connectivity index (χ1n) is 2.86. The Labute approximate surface area is 73.8 Å². The quantitative estimate of drug-likeness (QED) is 0.658. The Morgan fingerprint density at radius 3 is 2.40 bits per heavy atom. The molecule has 0 bridgehead atoms. The summed E-state index contributed by atoms with van der Waals surface area (Å²) in [5, 5.41) is 0. The molecular formula is C7H7BrClN. The van der Waals surface area contributed by atoms with Gasteiger partial charge in [0.1, 0.15) is 0 Å². The first kappa shape index (κ1) is 7.89. The van der Waals surface area contributed by atoms with Gasteiger partial charge >= 0.3 is 0 Å². The van der Waals surface area contributed by atoms with Crippen molar-refractivity contribution in [2.45, 2.75) is 0 Å². The highest BCUT2D eigenvalue weighted by molar-refractivity contribution is 9.10. The van der Waals surface area contributed by atoms with E-state index in [0.29, 0.717) is 0 Å². The van der Waals surface area contributed by atoms with Gasteiger partial charge in [-0.1, -0.05) is 12.1 Å². The predicted molar refractivity (Wildman–Crippen MR) is 48.4 cm³/mol. The van der Waals surface area contributed by atoms with Crippen molar-refractivity contribution >= 4 is 33.4 Å². The highest BCUT2D eigenvalue weighted by Crippen LogP contribution is 2.25. The third kappa shape index (κ3) is 1.64. The standard InChI is InChI=1S/C7H7BrClN/c1-10(9)7-5-3-2-4-6(7)8/h2-5H,1H3. The van der Waals surface area contributed by atoms with Crippen molar-refractivity contribution < 1.29 is 0 Å². The lowest BCUT2D eigenvalue weighted by Gasteiger charge is -2.09. The first-order valence-corrected chi connectivity index (χ1v) is 3.99. The summed E-state index contributed by atoms with van der Waals surface area (Å²) in [7, 11) is 1.79. The van der Waals surface area contributed by atoms with Crippen LogP contribution in [-0.2, 0) is 0 Å². The molecule has 0 aliphatic carbocycles. The van der Waals surface area contributed by atoms with Crippen molar-refractivity contribution in [3.8, 4) is 0 Å². The van der Waals surface area contributed by atoms with E-state index in [1.165, 1.54) is 0 Å². The smallest absolute Gasteiger partial charge is 0.0661 e. The molecule has 0 aliphatic rings. The molecule has 0 amide bonds. The number of anilines is 1. The van der Waals surface area contributed by atoms with E-state index in [9.17, 15) is 0 Å². The van der Waals surface area contributed by atoms with Crippen molar-refractivity contribution in [1.29, 1.82) is 0 Å². The number of nitrogens with zero attached hydrogens (tertiary/aromatic N) is 1. The van der Waals surface area contributed by atoms with E-state index in [2.05, 4.69) is 15.9 Å². The molecule has 0 aromatic heterocycles. The second-order valence-corrected chi connectivity index (χ2v) is 3.29. The van der Waals surface area contributed by atoms with Gasteiger partial charge in [-0.25, -0.2) is 0 Å². The summed E-state index contributed by atoms with van der Waals surface area (Å²) in [5.74, 6) is 0. The Morgan fingerprint density at radius 2 is 2.00 bits per heavy atom. The van der Waals surface area contributed by atoms with Gasteiger partial charge in [0.15, 0.2) is 0 Å². The minimum atomic E-state index is 0.976. The van der Waals surface area contributed by atoms with Crippen LogP contribution in [0.25, 0.3) is 0 Å². The third-order valence-corrected chi connectivity index (χ3v) is 2.04. The van der Waals surface area contributed by atoms with Gasteiger partial charge in [0.2, 0.25) is 0 Å². The normalized spacial score (nSPS) is 9.50. The minimum Gasteiger partial charge on any atom is -0.287 e. The summed E-state index contributed by atoms with van der Waals surface area (Å²) in [5.41, 5.74) is 0.976. The van der Waals surface area contributed by atoms with E-state index in [0.717, 1.165) is 10.2 Å². The maximum atomic E-state index is 5.71. The molecule has 0 heterocycles. The third-order valence-electron chi connectivity index (χ3n) is 1.18. The molecule has 1 rings (SSSR count). The Morgan fingerprint density at radius 1 is 1.40 bits per heavy atom. The molecule has 1 aromatic rings. The summed E-state index contributed by atoms with van der Waals surface area (Å²) in [4.78, 5) is 0. The lowest BCUT2D eigenvalue weighted by atomic mass is 10.3. The van der Waals surface area contributed by atoms with Crippen molar-refractivity contribution in [2.24, 2.45) is 0 Å². The molecule has 0 aliphatic heterocycles. The fraction of sp³-hybridized carbons (Fsp3) is 0.143. The van der Waals surface area contributed by atoms with Gasteiger partial charge in [0, 0.05) is 23.3 Å². The van der Waals surface area contributed by atoms with Gasteiger partial charge in [-0.3, -0.25) is 4.42 Å². The number of hydrogen-bond acceptors (Lipinski definition) is 1. The van der Waals surface area contributed by atoms with Crippen LogP contribution in [0.15, 0.2) is 28.7 Å². The molecule has 54 valence electrons. The molecule has 1 aromatic carbocycles. The van der Waals surface area contributed by atoms with Crippen LogP contribution in [0, 0.1) is 0 Å². The van der Waals surface area contributed by atoms with Gasteiger partial charge in [-0.2, -0.15) is 0 Å². The van der Waals surface area contributed by atoms with E-state index in [1.54, 1.807) is 11.5 Å². The molecule has 0 N–H and O–H groups in total. The topological polar surface area (TPSA) is 3.24 Å². The zero-order valence-electron chi connectivity index (χ0n) is 5.51. The van der Waals surface area contributed by atoms with Crippen LogP contribution in [0.3, 0.4) is 0 Å². The molecule has 0 unspecified atom stereocenters. The van der Waals surface area contributed by atoms with E-state index in [1.807, 2.05) is 24.3 Å². The van der Waals surface area contributed by atoms with Gasteiger partial charge in [-0.15, -0.1) is 0 Å². The molecular weight excluding hydrogens is 213 g/mol. The zero-order valence-corrected chi connectivity index (χ0v) is 7.85. The molecule has 1 nitrogen and oxygen atoms in total. The largest absolute Gasteiger partial charge is 0.287 e. The second-order valence-electron chi connectivity index (χ2n) is 1.93. The van der Waals surface area contributed by atoms with Crippen LogP contribution in [0.2, 0.25) is 0 Å². The molecule has 0 fully saturated rings. The van der Waals surface area contributed by atoms with Gasteiger partial charge in [0.05, 0.1) is 5.69 Å². The maximum absolute atomic E-state index is 5.71. The SMILES string of the molecule is CN(Cl)c1ccccc1Br. The Kier molecular flexibility index (Phi) is 2.57. The van der Waals surface area contributed by atoms with Crippen molar-refractivity contribution in [1.82, 2.24) is 0 Å². The fourth-order valence-electron chi connectivity index (χ4n) is 0.702. The van der Waals surface area contributed by atoms with E-state index in [4.69, 9.17) is 11.8 Å².